The Morgan fingerprint density at radius 2 is 2.04 bits per heavy atom. The predicted octanol–water partition coefficient (Wildman–Crippen LogP) is 3.48. The van der Waals surface area contributed by atoms with Crippen LogP contribution in [0.4, 0.5) is 0 Å². The van der Waals surface area contributed by atoms with Gasteiger partial charge in [0.25, 0.3) is 5.91 Å². The molecule has 0 aromatic heterocycles. The molecule has 1 saturated heterocycles. The van der Waals surface area contributed by atoms with E-state index in [2.05, 4.69) is 17.1 Å². The molecule has 1 N–H and O–H groups in total. The van der Waals surface area contributed by atoms with Crippen molar-refractivity contribution in [1.29, 1.82) is 0 Å². The van der Waals surface area contributed by atoms with Crippen molar-refractivity contribution in [1.82, 2.24) is 10.2 Å². The molecule has 0 saturated carbocycles. The van der Waals surface area contributed by atoms with E-state index in [9.17, 15) is 4.79 Å². The van der Waals surface area contributed by atoms with Crippen LogP contribution in [0.15, 0.2) is 54.6 Å². The third-order valence-electron chi connectivity index (χ3n) is 4.75. The lowest BCUT2D eigenvalue weighted by atomic mass is 10.1. The summed E-state index contributed by atoms with van der Waals surface area (Å²) in [6.07, 6.45) is 2.38. The van der Waals surface area contributed by atoms with Crippen LogP contribution in [0.3, 0.4) is 0 Å². The van der Waals surface area contributed by atoms with Gasteiger partial charge in [-0.25, -0.2) is 0 Å². The summed E-state index contributed by atoms with van der Waals surface area (Å²) in [4.78, 5) is 14.9. The number of carbonyl (C=O) groups is 1. The molecule has 25 heavy (non-hydrogen) atoms. The summed E-state index contributed by atoms with van der Waals surface area (Å²) < 4.78 is 5.81. The highest BCUT2D eigenvalue weighted by molar-refractivity contribution is 5.94. The first kappa shape index (κ1) is 17.5. The van der Waals surface area contributed by atoms with Crippen LogP contribution in [-0.2, 0) is 6.61 Å². The molecule has 132 valence electrons. The van der Waals surface area contributed by atoms with E-state index in [1.807, 2.05) is 54.6 Å². The van der Waals surface area contributed by atoms with E-state index in [0.29, 0.717) is 30.5 Å². The molecule has 1 aliphatic rings. The predicted molar refractivity (Wildman–Crippen MR) is 99.8 cm³/mol. The van der Waals surface area contributed by atoms with E-state index in [0.717, 1.165) is 25.1 Å². The number of likely N-dealkylation sites (tertiary alicyclic amines) is 1. The summed E-state index contributed by atoms with van der Waals surface area (Å²) in [6, 6.07) is 17.9. The van der Waals surface area contributed by atoms with Crippen molar-refractivity contribution in [2.45, 2.75) is 32.4 Å². The summed E-state index contributed by atoms with van der Waals surface area (Å²) >= 11 is 0. The third kappa shape index (κ3) is 4.83. The van der Waals surface area contributed by atoms with Crippen LogP contribution in [0.2, 0.25) is 0 Å². The zero-order chi connectivity index (χ0) is 17.5. The molecule has 2 aromatic rings. The van der Waals surface area contributed by atoms with Gasteiger partial charge in [0.1, 0.15) is 12.4 Å². The van der Waals surface area contributed by atoms with E-state index in [1.54, 1.807) is 0 Å². The molecule has 1 atom stereocenters. The minimum atomic E-state index is -0.0342. The van der Waals surface area contributed by atoms with E-state index in [4.69, 9.17) is 4.74 Å². The van der Waals surface area contributed by atoms with Crippen LogP contribution in [0.25, 0.3) is 0 Å². The monoisotopic (exact) mass is 338 g/mol. The fraction of sp³-hybridized carbons (Fsp3) is 0.381. The summed E-state index contributed by atoms with van der Waals surface area (Å²) in [5, 5.41) is 3.07. The zero-order valence-corrected chi connectivity index (χ0v) is 14.8. The molecule has 2 aromatic carbocycles. The number of likely N-dealkylation sites (N-methyl/N-ethyl adjacent to an activating group) is 1. The minimum absolute atomic E-state index is 0.0342. The Labute approximate surface area is 149 Å². The second kappa shape index (κ2) is 8.67. The van der Waals surface area contributed by atoms with Crippen molar-refractivity contribution < 1.29 is 9.53 Å². The highest BCUT2D eigenvalue weighted by Crippen LogP contribution is 2.17. The van der Waals surface area contributed by atoms with Crippen LogP contribution in [-0.4, -0.2) is 36.5 Å². The molecule has 0 spiro atoms. The minimum Gasteiger partial charge on any atom is -0.489 e. The highest BCUT2D eigenvalue weighted by atomic mass is 16.5. The van der Waals surface area contributed by atoms with Crippen LogP contribution < -0.4 is 10.1 Å². The first-order chi connectivity index (χ1) is 12.3. The van der Waals surface area contributed by atoms with E-state index in [-0.39, 0.29) is 5.91 Å². The Morgan fingerprint density at radius 1 is 1.20 bits per heavy atom. The van der Waals surface area contributed by atoms with Gasteiger partial charge in [0.05, 0.1) is 0 Å². The second-order valence-electron chi connectivity index (χ2n) is 6.44. The fourth-order valence-electron chi connectivity index (χ4n) is 3.32. The molecule has 0 radical (unpaired) electrons. The lowest BCUT2D eigenvalue weighted by Gasteiger charge is -2.22. The van der Waals surface area contributed by atoms with Gasteiger partial charge in [-0.05, 0) is 49.7 Å². The number of amides is 1. The van der Waals surface area contributed by atoms with Gasteiger partial charge in [0.15, 0.2) is 0 Å². The fourth-order valence-corrected chi connectivity index (χ4v) is 3.32. The van der Waals surface area contributed by atoms with Gasteiger partial charge in [-0.3, -0.25) is 9.69 Å². The molecule has 0 aliphatic carbocycles. The largest absolute Gasteiger partial charge is 0.489 e. The van der Waals surface area contributed by atoms with Crippen LogP contribution >= 0.6 is 0 Å². The van der Waals surface area contributed by atoms with Gasteiger partial charge in [-0.2, -0.15) is 0 Å². The SMILES string of the molecule is CCN1CCCC1CNC(=O)c1cccc(OCc2ccccc2)c1. The summed E-state index contributed by atoms with van der Waals surface area (Å²) in [6.45, 7) is 5.57. The van der Waals surface area contributed by atoms with Gasteiger partial charge < -0.3 is 10.1 Å². The highest BCUT2D eigenvalue weighted by Gasteiger charge is 2.23. The number of hydrogen-bond acceptors (Lipinski definition) is 3. The number of hydrogen-bond donors (Lipinski definition) is 1. The molecular weight excluding hydrogens is 312 g/mol. The molecule has 4 heteroatoms. The van der Waals surface area contributed by atoms with Gasteiger partial charge in [-0.1, -0.05) is 43.3 Å². The average Bonchev–Trinajstić information content (AvgIpc) is 3.13. The lowest BCUT2D eigenvalue weighted by Crippen LogP contribution is -2.40. The first-order valence-corrected chi connectivity index (χ1v) is 9.05. The Hall–Kier alpha value is -2.33. The Kier molecular flexibility index (Phi) is 6.07. The quantitative estimate of drug-likeness (QED) is 0.840. The zero-order valence-electron chi connectivity index (χ0n) is 14.8. The summed E-state index contributed by atoms with van der Waals surface area (Å²) in [5.41, 5.74) is 1.75. The van der Waals surface area contributed by atoms with Crippen molar-refractivity contribution in [2.24, 2.45) is 0 Å². The van der Waals surface area contributed by atoms with Crippen LogP contribution in [0, 0.1) is 0 Å². The number of ether oxygens (including phenoxy) is 1. The third-order valence-corrected chi connectivity index (χ3v) is 4.75. The van der Waals surface area contributed by atoms with Gasteiger partial charge >= 0.3 is 0 Å². The molecule has 1 unspecified atom stereocenters. The van der Waals surface area contributed by atoms with Crippen molar-refractivity contribution in [3.8, 4) is 5.75 Å². The summed E-state index contributed by atoms with van der Waals surface area (Å²) in [7, 11) is 0. The lowest BCUT2D eigenvalue weighted by molar-refractivity contribution is 0.0941. The molecule has 1 heterocycles. The Morgan fingerprint density at radius 3 is 2.84 bits per heavy atom. The maximum absolute atomic E-state index is 12.4. The molecule has 1 amide bonds. The molecule has 4 nitrogen and oxygen atoms in total. The topological polar surface area (TPSA) is 41.6 Å². The summed E-state index contributed by atoms with van der Waals surface area (Å²) in [5.74, 6) is 0.681. The van der Waals surface area contributed by atoms with Crippen molar-refractivity contribution >= 4 is 5.91 Å². The molecule has 0 bridgehead atoms. The maximum Gasteiger partial charge on any atom is 0.251 e. The average molecular weight is 338 g/mol. The number of nitrogens with zero attached hydrogens (tertiary/aromatic N) is 1. The Bertz CT molecular complexity index is 687. The first-order valence-electron chi connectivity index (χ1n) is 9.05. The number of carbonyl (C=O) groups excluding carboxylic acids is 1. The molecule has 3 rings (SSSR count). The van der Waals surface area contributed by atoms with E-state index >= 15 is 0 Å². The number of benzene rings is 2. The van der Waals surface area contributed by atoms with Crippen molar-refractivity contribution in [3.05, 3.63) is 65.7 Å². The standard InChI is InChI=1S/C21H26N2O2/c1-2-23-13-7-11-19(23)15-22-21(24)18-10-6-12-20(14-18)25-16-17-8-4-3-5-9-17/h3-6,8-10,12,14,19H,2,7,11,13,15-16H2,1H3,(H,22,24). The van der Waals surface area contributed by atoms with E-state index < -0.39 is 0 Å². The van der Waals surface area contributed by atoms with Gasteiger partial charge in [0.2, 0.25) is 0 Å². The molecule has 1 aliphatic heterocycles. The van der Waals surface area contributed by atoms with Gasteiger partial charge in [0, 0.05) is 18.2 Å². The normalized spacial score (nSPS) is 17.4. The Balaban J connectivity index is 1.54. The van der Waals surface area contributed by atoms with Crippen LogP contribution in [0.5, 0.6) is 5.75 Å². The van der Waals surface area contributed by atoms with E-state index in [1.165, 1.54) is 6.42 Å². The number of rotatable bonds is 7. The van der Waals surface area contributed by atoms with Crippen LogP contribution in [0.1, 0.15) is 35.7 Å². The van der Waals surface area contributed by atoms with Gasteiger partial charge in [-0.15, -0.1) is 0 Å². The molecular formula is C21H26N2O2. The van der Waals surface area contributed by atoms with Crippen molar-refractivity contribution in [3.63, 3.8) is 0 Å². The van der Waals surface area contributed by atoms with Crippen molar-refractivity contribution in [2.75, 3.05) is 19.6 Å². The number of nitrogens with one attached hydrogen (secondary N) is 1. The smallest absolute Gasteiger partial charge is 0.251 e. The maximum atomic E-state index is 12.4. The second-order valence-corrected chi connectivity index (χ2v) is 6.44. The molecule has 1 fully saturated rings.